The van der Waals surface area contributed by atoms with Gasteiger partial charge >= 0.3 is 6.09 Å². The first-order chi connectivity index (χ1) is 17.5. The molecule has 1 N–H and O–H groups in total. The fraction of sp³-hybridized carbons (Fsp3) is 0.679. The Morgan fingerprint density at radius 1 is 1.13 bits per heavy atom. The summed E-state index contributed by atoms with van der Waals surface area (Å²) in [4.78, 5) is 30.2. The molecule has 2 heterocycles. The molecule has 3 rings (SSSR count). The summed E-state index contributed by atoms with van der Waals surface area (Å²) in [5.41, 5.74) is 1.45. The number of piperazine rings is 1. The van der Waals surface area contributed by atoms with Crippen molar-refractivity contribution < 1.29 is 19.1 Å². The van der Waals surface area contributed by atoms with E-state index in [1.807, 2.05) is 58.5 Å². The van der Waals surface area contributed by atoms with Crippen LogP contribution in [0, 0.1) is 6.92 Å². The lowest BCUT2D eigenvalue weighted by Gasteiger charge is -2.40. The van der Waals surface area contributed by atoms with Gasteiger partial charge in [-0.1, -0.05) is 37.8 Å². The number of aromatic nitrogens is 2. The Kier molecular flexibility index (Phi) is 9.00. The summed E-state index contributed by atoms with van der Waals surface area (Å²) in [6.45, 7) is 21.1. The number of benzene rings is 1. The van der Waals surface area contributed by atoms with Crippen molar-refractivity contribution in [2.45, 2.75) is 91.1 Å². The molecule has 9 nitrogen and oxygen atoms in total. The average Bonchev–Trinajstić information content (AvgIpc) is 3.15. The van der Waals surface area contributed by atoms with Crippen LogP contribution in [0.15, 0.2) is 18.2 Å². The molecule has 38 heavy (non-hydrogen) atoms. The number of ether oxygens (including phenoxy) is 2. The predicted octanol–water partition coefficient (Wildman–Crippen LogP) is 4.56. The molecule has 0 spiro atoms. The number of rotatable bonds is 8. The van der Waals surface area contributed by atoms with Crippen molar-refractivity contribution >= 4 is 31.0 Å². The van der Waals surface area contributed by atoms with Gasteiger partial charge < -0.3 is 19.7 Å². The lowest BCUT2D eigenvalue weighted by atomic mass is 9.95. The van der Waals surface area contributed by atoms with E-state index < -0.39 is 31.3 Å². The molecule has 2 aromatic rings. The van der Waals surface area contributed by atoms with Crippen LogP contribution in [0.3, 0.4) is 0 Å². The summed E-state index contributed by atoms with van der Waals surface area (Å²) in [5, 5.41) is 9.12. The van der Waals surface area contributed by atoms with Crippen LogP contribution < -0.4 is 5.32 Å². The van der Waals surface area contributed by atoms with E-state index in [0.717, 1.165) is 28.2 Å². The van der Waals surface area contributed by atoms with Crippen LogP contribution in [0.2, 0.25) is 25.7 Å². The third kappa shape index (κ3) is 7.57. The van der Waals surface area contributed by atoms with Crippen LogP contribution in [-0.2, 0) is 26.5 Å². The fourth-order valence-electron chi connectivity index (χ4n) is 4.64. The van der Waals surface area contributed by atoms with Crippen molar-refractivity contribution in [2.75, 3.05) is 33.3 Å². The molecule has 1 aromatic heterocycles. The Bertz CT molecular complexity index is 1150. The number of likely N-dealkylation sites (N-methyl/N-ethyl adjacent to an activating group) is 1. The highest BCUT2D eigenvalue weighted by atomic mass is 28.3. The SMILES string of the molecule is Cc1cccc2c(C(C)(C)NC(=O)[C@@H]3CN(C)CCN3C(=O)OC(C)(C)C)nn(COCC[Si](C)(C)C)c12. The molecule has 0 saturated carbocycles. The van der Waals surface area contributed by atoms with Gasteiger partial charge in [0, 0.05) is 39.7 Å². The van der Waals surface area contributed by atoms with Crippen LogP contribution in [0.1, 0.15) is 45.9 Å². The van der Waals surface area contributed by atoms with E-state index >= 15 is 0 Å². The number of nitrogens with one attached hydrogen (secondary N) is 1. The maximum absolute atomic E-state index is 13.7. The second-order valence-electron chi connectivity index (χ2n) is 13.2. The summed E-state index contributed by atoms with van der Waals surface area (Å²) in [7, 11) is 0.762. The first kappa shape index (κ1) is 30.1. The minimum absolute atomic E-state index is 0.228. The van der Waals surface area contributed by atoms with E-state index in [1.54, 1.807) is 4.90 Å². The van der Waals surface area contributed by atoms with E-state index in [0.29, 0.717) is 33.0 Å². The molecule has 0 radical (unpaired) electrons. The van der Waals surface area contributed by atoms with Gasteiger partial charge in [-0.15, -0.1) is 0 Å². The van der Waals surface area contributed by atoms with Crippen molar-refractivity contribution in [1.82, 2.24) is 24.9 Å². The van der Waals surface area contributed by atoms with Gasteiger partial charge in [0.2, 0.25) is 5.91 Å². The van der Waals surface area contributed by atoms with Crippen LogP contribution in [0.5, 0.6) is 0 Å². The van der Waals surface area contributed by atoms with E-state index in [-0.39, 0.29) is 5.91 Å². The third-order valence-electron chi connectivity index (χ3n) is 6.72. The number of nitrogens with zero attached hydrogens (tertiary/aromatic N) is 4. The number of hydrogen-bond acceptors (Lipinski definition) is 6. The molecule has 0 aliphatic carbocycles. The van der Waals surface area contributed by atoms with Gasteiger partial charge in [-0.25, -0.2) is 9.48 Å². The Morgan fingerprint density at radius 3 is 2.45 bits per heavy atom. The Morgan fingerprint density at radius 2 is 1.82 bits per heavy atom. The molecule has 1 aromatic carbocycles. The smallest absolute Gasteiger partial charge is 0.411 e. The number of para-hydroxylation sites is 1. The van der Waals surface area contributed by atoms with Gasteiger partial charge in [-0.2, -0.15) is 5.10 Å². The summed E-state index contributed by atoms with van der Waals surface area (Å²) in [5.74, 6) is -0.228. The fourth-order valence-corrected chi connectivity index (χ4v) is 5.39. The second kappa shape index (κ2) is 11.4. The quantitative estimate of drug-likeness (QED) is 0.386. The van der Waals surface area contributed by atoms with E-state index in [1.165, 1.54) is 0 Å². The van der Waals surface area contributed by atoms with Crippen molar-refractivity contribution in [3.8, 4) is 0 Å². The second-order valence-corrected chi connectivity index (χ2v) is 18.9. The summed E-state index contributed by atoms with van der Waals surface area (Å²) < 4.78 is 13.6. The molecule has 1 aliphatic heterocycles. The van der Waals surface area contributed by atoms with E-state index in [2.05, 4.69) is 42.8 Å². The standard InChI is InChI=1S/C28H47N5O4Si/c1-20-12-11-13-21-23(20)33(19-36-16-17-38(8,9)10)30-24(21)28(5,6)29-25(34)22-18-31(7)14-15-32(22)26(35)37-27(2,3)4/h11-13,22H,14-19H2,1-10H3,(H,29,34)/t22-/m0/s1. The van der Waals surface area contributed by atoms with Crippen LogP contribution in [0.25, 0.3) is 10.9 Å². The average molecular weight is 546 g/mol. The number of carbonyl (C=O) groups is 2. The Hall–Kier alpha value is -2.43. The molecule has 1 saturated heterocycles. The minimum atomic E-state index is -1.19. The first-order valence-electron chi connectivity index (χ1n) is 13.5. The predicted molar refractivity (Wildman–Crippen MR) is 154 cm³/mol. The van der Waals surface area contributed by atoms with Crippen LogP contribution in [0.4, 0.5) is 4.79 Å². The molecule has 2 amide bonds. The highest BCUT2D eigenvalue weighted by Crippen LogP contribution is 2.30. The zero-order valence-corrected chi connectivity index (χ0v) is 26.0. The van der Waals surface area contributed by atoms with Crippen LogP contribution in [-0.4, -0.2) is 84.6 Å². The van der Waals surface area contributed by atoms with Crippen LogP contribution >= 0.6 is 0 Å². The monoisotopic (exact) mass is 545 g/mol. The first-order valence-corrected chi connectivity index (χ1v) is 17.2. The molecule has 0 unspecified atom stereocenters. The minimum Gasteiger partial charge on any atom is -0.444 e. The normalized spacial score (nSPS) is 17.6. The van der Waals surface area contributed by atoms with Gasteiger partial charge in [0.1, 0.15) is 18.4 Å². The van der Waals surface area contributed by atoms with Crippen molar-refractivity contribution in [3.05, 3.63) is 29.5 Å². The molecule has 212 valence electrons. The lowest BCUT2D eigenvalue weighted by Crippen LogP contribution is -2.62. The zero-order chi connectivity index (χ0) is 28.5. The number of hydrogen-bond donors (Lipinski definition) is 1. The number of amides is 2. The largest absolute Gasteiger partial charge is 0.444 e. The number of aryl methyl sites for hydroxylation is 1. The molecule has 0 bridgehead atoms. The highest BCUT2D eigenvalue weighted by Gasteiger charge is 2.39. The highest BCUT2D eigenvalue weighted by molar-refractivity contribution is 6.76. The third-order valence-corrected chi connectivity index (χ3v) is 8.43. The van der Waals surface area contributed by atoms with Crippen molar-refractivity contribution in [3.63, 3.8) is 0 Å². The zero-order valence-electron chi connectivity index (χ0n) is 25.0. The molecule has 1 fully saturated rings. The molecular formula is C28H47N5O4Si. The number of carbonyl (C=O) groups excluding carboxylic acids is 2. The molecule has 1 aliphatic rings. The van der Waals surface area contributed by atoms with Gasteiger partial charge in [0.25, 0.3) is 0 Å². The lowest BCUT2D eigenvalue weighted by molar-refractivity contribution is -0.130. The van der Waals surface area contributed by atoms with E-state index in [9.17, 15) is 9.59 Å². The summed E-state index contributed by atoms with van der Waals surface area (Å²) >= 11 is 0. The molecule has 1 atom stereocenters. The number of fused-ring (bicyclic) bond motifs is 1. The molecular weight excluding hydrogens is 498 g/mol. The Labute approximate surface area is 228 Å². The maximum atomic E-state index is 13.7. The van der Waals surface area contributed by atoms with Gasteiger partial charge in [0.15, 0.2) is 0 Å². The Balaban J connectivity index is 1.85. The topological polar surface area (TPSA) is 88.9 Å². The van der Waals surface area contributed by atoms with Gasteiger partial charge in [-0.3, -0.25) is 9.69 Å². The molecule has 10 heteroatoms. The van der Waals surface area contributed by atoms with Crippen molar-refractivity contribution in [2.24, 2.45) is 0 Å². The van der Waals surface area contributed by atoms with Gasteiger partial charge in [0.05, 0.1) is 16.7 Å². The summed E-state index contributed by atoms with van der Waals surface area (Å²) in [6.07, 6.45) is -0.468. The summed E-state index contributed by atoms with van der Waals surface area (Å²) in [6, 6.07) is 6.54. The maximum Gasteiger partial charge on any atom is 0.411 e. The van der Waals surface area contributed by atoms with Gasteiger partial charge in [-0.05, 0) is 60.2 Å². The van der Waals surface area contributed by atoms with Crippen molar-refractivity contribution in [1.29, 1.82) is 0 Å². The van der Waals surface area contributed by atoms with E-state index in [4.69, 9.17) is 14.6 Å².